The van der Waals surface area contributed by atoms with Gasteiger partial charge in [0.1, 0.15) is 5.82 Å². The van der Waals surface area contributed by atoms with Gasteiger partial charge >= 0.3 is 5.97 Å². The van der Waals surface area contributed by atoms with Crippen LogP contribution in [0, 0.1) is 0 Å². The number of hydrogen-bond donors (Lipinski definition) is 1. The maximum Gasteiger partial charge on any atom is 0.343 e. The van der Waals surface area contributed by atoms with Gasteiger partial charge in [-0.2, -0.15) is 0 Å². The first-order valence-electron chi connectivity index (χ1n) is 8.84. The van der Waals surface area contributed by atoms with Crippen molar-refractivity contribution in [2.24, 2.45) is 0 Å². The Morgan fingerprint density at radius 2 is 1.82 bits per heavy atom. The number of carbonyl (C=O) groups excluding carboxylic acids is 1. The summed E-state index contributed by atoms with van der Waals surface area (Å²) in [7, 11) is 0. The largest absolute Gasteiger partial charge is 0.490 e. The van der Waals surface area contributed by atoms with Crippen molar-refractivity contribution in [3.05, 3.63) is 77.3 Å². The Bertz CT molecular complexity index is 1100. The van der Waals surface area contributed by atoms with Crippen molar-refractivity contribution in [3.63, 3.8) is 0 Å². The lowest BCUT2D eigenvalue weighted by molar-refractivity contribution is 0.0728. The lowest BCUT2D eigenvalue weighted by atomic mass is 10.2. The Morgan fingerprint density at radius 3 is 2.57 bits per heavy atom. The predicted molar refractivity (Wildman–Crippen MR) is 109 cm³/mol. The minimum Gasteiger partial charge on any atom is -0.490 e. The zero-order valence-corrected chi connectivity index (χ0v) is 15.9. The van der Waals surface area contributed by atoms with E-state index in [4.69, 9.17) is 21.1 Å². The molecule has 0 radical (unpaired) electrons. The quantitative estimate of drug-likeness (QED) is 0.359. The van der Waals surface area contributed by atoms with Crippen LogP contribution >= 0.6 is 11.6 Å². The van der Waals surface area contributed by atoms with Gasteiger partial charge in [0.2, 0.25) is 0 Å². The van der Waals surface area contributed by atoms with Gasteiger partial charge in [-0.3, -0.25) is 0 Å². The lowest BCUT2D eigenvalue weighted by Gasteiger charge is -2.12. The van der Waals surface area contributed by atoms with Gasteiger partial charge in [0, 0.05) is 10.6 Å². The number of benzene rings is 3. The molecule has 5 nitrogen and oxygen atoms in total. The fraction of sp³-hybridized carbons (Fsp3) is 0.0909. The Kier molecular flexibility index (Phi) is 5.00. The van der Waals surface area contributed by atoms with Gasteiger partial charge in [-0.1, -0.05) is 23.7 Å². The van der Waals surface area contributed by atoms with Crippen molar-refractivity contribution in [3.8, 4) is 22.9 Å². The van der Waals surface area contributed by atoms with Crippen LogP contribution in [0.5, 0.6) is 11.5 Å². The Balaban J connectivity index is 1.64. The van der Waals surface area contributed by atoms with Gasteiger partial charge in [0.25, 0.3) is 0 Å². The van der Waals surface area contributed by atoms with Crippen molar-refractivity contribution in [2.75, 3.05) is 6.61 Å². The van der Waals surface area contributed by atoms with E-state index in [-0.39, 0.29) is 0 Å². The molecular formula is C22H17ClN2O3. The molecule has 0 aliphatic heterocycles. The van der Waals surface area contributed by atoms with Crippen LogP contribution < -0.4 is 9.47 Å². The van der Waals surface area contributed by atoms with E-state index < -0.39 is 5.97 Å². The lowest BCUT2D eigenvalue weighted by Crippen LogP contribution is -2.09. The number of rotatable bonds is 5. The normalized spacial score (nSPS) is 10.8. The summed E-state index contributed by atoms with van der Waals surface area (Å²) in [4.78, 5) is 20.3. The highest BCUT2D eigenvalue weighted by molar-refractivity contribution is 6.30. The molecule has 0 fully saturated rings. The summed E-state index contributed by atoms with van der Waals surface area (Å²) in [6.45, 7) is 2.31. The van der Waals surface area contributed by atoms with Gasteiger partial charge in [0.05, 0.1) is 23.2 Å². The summed E-state index contributed by atoms with van der Waals surface area (Å²) < 4.78 is 11.2. The highest BCUT2D eigenvalue weighted by Gasteiger charge is 2.15. The van der Waals surface area contributed by atoms with Crippen LogP contribution in [0.15, 0.2) is 66.7 Å². The first kappa shape index (κ1) is 18.1. The molecule has 0 amide bonds. The first-order chi connectivity index (χ1) is 13.6. The standard InChI is InChI=1S/C22H17ClN2O3/c1-2-27-20-13-15(21-24-17-5-3-4-6-18(17)25-21)9-12-19(20)28-22(26)14-7-10-16(23)11-8-14/h3-13H,2H2,1H3,(H,24,25). The predicted octanol–water partition coefficient (Wildman–Crippen LogP) is 5.50. The molecule has 0 aliphatic carbocycles. The third kappa shape index (κ3) is 3.70. The second-order valence-corrected chi connectivity index (χ2v) is 6.53. The third-order valence-electron chi connectivity index (χ3n) is 4.19. The minimum absolute atomic E-state index is 0.349. The zero-order valence-electron chi connectivity index (χ0n) is 15.1. The number of halogens is 1. The van der Waals surface area contributed by atoms with Gasteiger partial charge in [0.15, 0.2) is 11.5 Å². The summed E-state index contributed by atoms with van der Waals surface area (Å²) in [6, 6.07) is 19.7. The number of hydrogen-bond acceptors (Lipinski definition) is 4. The summed E-state index contributed by atoms with van der Waals surface area (Å²) in [6.07, 6.45) is 0. The summed E-state index contributed by atoms with van der Waals surface area (Å²) in [5.74, 6) is 1.07. The molecule has 0 saturated heterocycles. The van der Waals surface area contributed by atoms with Gasteiger partial charge in [-0.15, -0.1) is 0 Å². The van der Waals surface area contributed by atoms with E-state index in [0.717, 1.165) is 22.4 Å². The van der Waals surface area contributed by atoms with Crippen molar-refractivity contribution < 1.29 is 14.3 Å². The van der Waals surface area contributed by atoms with Crippen LogP contribution in [0.2, 0.25) is 5.02 Å². The van der Waals surface area contributed by atoms with E-state index in [2.05, 4.69) is 9.97 Å². The third-order valence-corrected chi connectivity index (χ3v) is 4.44. The van der Waals surface area contributed by atoms with E-state index in [1.54, 1.807) is 30.3 Å². The second-order valence-electron chi connectivity index (χ2n) is 6.09. The number of aromatic amines is 1. The molecule has 1 heterocycles. The van der Waals surface area contributed by atoms with E-state index in [1.165, 1.54) is 0 Å². The van der Waals surface area contributed by atoms with E-state index in [1.807, 2.05) is 43.3 Å². The molecule has 4 aromatic rings. The number of esters is 1. The molecule has 6 heteroatoms. The number of aromatic nitrogens is 2. The van der Waals surface area contributed by atoms with Gasteiger partial charge in [-0.05, 0) is 61.5 Å². The molecule has 0 spiro atoms. The second kappa shape index (κ2) is 7.74. The number of carbonyl (C=O) groups is 1. The highest BCUT2D eigenvalue weighted by Crippen LogP contribution is 2.33. The monoisotopic (exact) mass is 392 g/mol. The van der Waals surface area contributed by atoms with Crippen LogP contribution in [-0.2, 0) is 0 Å². The number of nitrogens with zero attached hydrogens (tertiary/aromatic N) is 1. The summed E-state index contributed by atoms with van der Waals surface area (Å²) >= 11 is 5.87. The Labute approximate surface area is 166 Å². The maximum absolute atomic E-state index is 12.4. The maximum atomic E-state index is 12.4. The van der Waals surface area contributed by atoms with Crippen molar-refractivity contribution in [1.29, 1.82) is 0 Å². The fourth-order valence-electron chi connectivity index (χ4n) is 2.84. The molecule has 0 bridgehead atoms. The van der Waals surface area contributed by atoms with Gasteiger partial charge < -0.3 is 14.5 Å². The van der Waals surface area contributed by atoms with Crippen LogP contribution in [0.4, 0.5) is 0 Å². The van der Waals surface area contributed by atoms with Crippen molar-refractivity contribution in [2.45, 2.75) is 6.92 Å². The number of para-hydroxylation sites is 2. The average molecular weight is 393 g/mol. The van der Waals surface area contributed by atoms with Crippen LogP contribution in [0.25, 0.3) is 22.4 Å². The number of fused-ring (bicyclic) bond motifs is 1. The molecule has 0 saturated carbocycles. The van der Waals surface area contributed by atoms with Crippen LogP contribution in [0.1, 0.15) is 17.3 Å². The molecular weight excluding hydrogens is 376 g/mol. The average Bonchev–Trinajstić information content (AvgIpc) is 3.14. The number of H-pyrrole nitrogens is 1. The molecule has 140 valence electrons. The number of nitrogens with one attached hydrogen (secondary N) is 1. The SMILES string of the molecule is CCOc1cc(-c2nc3ccccc3[nH]2)ccc1OC(=O)c1ccc(Cl)cc1. The van der Waals surface area contributed by atoms with Crippen LogP contribution in [-0.4, -0.2) is 22.5 Å². The number of imidazole rings is 1. The zero-order chi connectivity index (χ0) is 19.5. The molecule has 0 atom stereocenters. The van der Waals surface area contributed by atoms with Crippen molar-refractivity contribution >= 4 is 28.6 Å². The topological polar surface area (TPSA) is 64.2 Å². The summed E-state index contributed by atoms with van der Waals surface area (Å²) in [5.41, 5.74) is 3.08. The molecule has 0 aliphatic rings. The molecule has 1 aromatic heterocycles. The van der Waals surface area contributed by atoms with E-state index in [9.17, 15) is 4.79 Å². The highest BCUT2D eigenvalue weighted by atomic mass is 35.5. The molecule has 1 N–H and O–H groups in total. The van der Waals surface area contributed by atoms with E-state index >= 15 is 0 Å². The fourth-order valence-corrected chi connectivity index (χ4v) is 2.97. The molecule has 3 aromatic carbocycles. The minimum atomic E-state index is -0.478. The molecule has 0 unspecified atom stereocenters. The first-order valence-corrected chi connectivity index (χ1v) is 9.21. The Hall–Kier alpha value is -3.31. The Morgan fingerprint density at radius 1 is 1.04 bits per heavy atom. The molecule has 4 rings (SSSR count). The smallest absolute Gasteiger partial charge is 0.343 e. The number of ether oxygens (including phenoxy) is 2. The molecule has 28 heavy (non-hydrogen) atoms. The van der Waals surface area contributed by atoms with Crippen LogP contribution in [0.3, 0.4) is 0 Å². The summed E-state index contributed by atoms with van der Waals surface area (Å²) in [5, 5.41) is 0.557. The van der Waals surface area contributed by atoms with E-state index in [0.29, 0.717) is 28.7 Å². The van der Waals surface area contributed by atoms with Gasteiger partial charge in [-0.25, -0.2) is 9.78 Å². The van der Waals surface area contributed by atoms with Crippen molar-refractivity contribution in [1.82, 2.24) is 9.97 Å².